The van der Waals surface area contributed by atoms with Crippen LogP contribution < -0.4 is 0 Å². The van der Waals surface area contributed by atoms with Gasteiger partial charge in [-0.05, 0) is 81.6 Å². The van der Waals surface area contributed by atoms with E-state index >= 15 is 0 Å². The van der Waals surface area contributed by atoms with Gasteiger partial charge in [0.05, 0.1) is 0 Å². The van der Waals surface area contributed by atoms with Crippen molar-refractivity contribution >= 4 is 45.3 Å². The van der Waals surface area contributed by atoms with Gasteiger partial charge in [0.15, 0.2) is 0 Å². The summed E-state index contributed by atoms with van der Waals surface area (Å²) in [6, 6.07) is 36.3. The summed E-state index contributed by atoms with van der Waals surface area (Å²) in [6.07, 6.45) is 0. The second kappa shape index (κ2) is 10.6. The van der Waals surface area contributed by atoms with E-state index in [0.29, 0.717) is 0 Å². The Morgan fingerprint density at radius 3 is 0.775 bits per heavy atom. The zero-order valence-electron chi connectivity index (χ0n) is 23.9. The van der Waals surface area contributed by atoms with Crippen molar-refractivity contribution in [3.8, 4) is 50.1 Å². The molecule has 0 radical (unpaired) electrons. The highest BCUT2D eigenvalue weighted by Crippen LogP contribution is 2.45. The lowest BCUT2D eigenvalue weighted by Gasteiger charge is -2.19. The molecule has 0 N–H and O–H groups in total. The van der Waals surface area contributed by atoms with E-state index in [9.17, 15) is 0 Å². The maximum absolute atomic E-state index is 2.28. The lowest BCUT2D eigenvalue weighted by molar-refractivity contribution is 0.590. The first-order valence-corrected chi connectivity index (χ1v) is 16.9. The van der Waals surface area contributed by atoms with E-state index in [0.717, 1.165) is 0 Å². The third kappa shape index (κ3) is 5.69. The van der Waals surface area contributed by atoms with E-state index in [4.69, 9.17) is 0 Å². The van der Waals surface area contributed by atoms with Gasteiger partial charge in [0, 0.05) is 39.0 Å². The normalized spacial score (nSPS) is 12.2. The van der Waals surface area contributed by atoms with Crippen molar-refractivity contribution in [3.63, 3.8) is 0 Å². The van der Waals surface area contributed by atoms with Gasteiger partial charge in [-0.2, -0.15) is 0 Å². The Bertz CT molecular complexity index is 1600. The molecule has 4 heteroatoms. The summed E-state index contributed by atoms with van der Waals surface area (Å²) < 4.78 is 0. The summed E-state index contributed by atoms with van der Waals surface area (Å²) in [5.41, 5.74) is 5.70. The van der Waals surface area contributed by atoms with Crippen LogP contribution in [0.2, 0.25) is 0 Å². The number of rotatable bonds is 5. The van der Waals surface area contributed by atoms with E-state index in [1.165, 1.54) is 61.3 Å². The van der Waals surface area contributed by atoms with Crippen LogP contribution in [0.25, 0.3) is 50.1 Å². The Balaban J connectivity index is 1.18. The molecule has 0 aliphatic heterocycles. The van der Waals surface area contributed by atoms with Gasteiger partial charge in [0.2, 0.25) is 0 Å². The second-order valence-corrected chi connectivity index (χ2v) is 16.6. The minimum atomic E-state index is 0.179. The fourth-order valence-electron chi connectivity index (χ4n) is 4.73. The van der Waals surface area contributed by atoms with Crippen molar-refractivity contribution in [3.05, 3.63) is 108 Å². The van der Waals surface area contributed by atoms with Gasteiger partial charge in [0.25, 0.3) is 0 Å². The first-order chi connectivity index (χ1) is 19.0. The number of hydrogen-bond acceptors (Lipinski definition) is 4. The van der Waals surface area contributed by atoms with Crippen LogP contribution in [0, 0.1) is 0 Å². The molecular weight excluding hydrogens is 561 g/mol. The average Bonchev–Trinajstić information content (AvgIpc) is 3.73. The van der Waals surface area contributed by atoms with Gasteiger partial charge < -0.3 is 0 Å². The third-order valence-corrected chi connectivity index (χ3v) is 12.2. The van der Waals surface area contributed by atoms with Crippen molar-refractivity contribution in [2.24, 2.45) is 0 Å². The van der Waals surface area contributed by atoms with Gasteiger partial charge >= 0.3 is 0 Å². The van der Waals surface area contributed by atoms with Crippen LogP contribution in [-0.4, -0.2) is 0 Å². The fraction of sp³-hybridized carbons (Fsp3) is 0.222. The van der Waals surface area contributed by atoms with Crippen LogP contribution in [0.4, 0.5) is 0 Å². The quantitative estimate of drug-likeness (QED) is 0.186. The molecule has 2 aromatic carbocycles. The Hall–Kier alpha value is -2.76. The lowest BCUT2D eigenvalue weighted by Crippen LogP contribution is -2.10. The lowest BCUT2D eigenvalue weighted by atomic mass is 9.86. The highest BCUT2D eigenvalue weighted by molar-refractivity contribution is 7.29. The van der Waals surface area contributed by atoms with E-state index in [1.54, 1.807) is 0 Å². The van der Waals surface area contributed by atoms with Gasteiger partial charge in [-0.1, -0.05) is 90.1 Å². The highest BCUT2D eigenvalue weighted by Gasteiger charge is 2.16. The average molecular weight is 595 g/mol. The molecule has 0 aliphatic carbocycles. The molecule has 0 nitrogen and oxygen atoms in total. The predicted molar refractivity (Wildman–Crippen MR) is 183 cm³/mol. The number of thiophene rings is 4. The molecule has 0 atom stereocenters. The molecule has 6 rings (SSSR count). The summed E-state index contributed by atoms with van der Waals surface area (Å²) in [5, 5.41) is 0. The minimum Gasteiger partial charge on any atom is -0.134 e. The monoisotopic (exact) mass is 594 g/mol. The maximum atomic E-state index is 2.28. The summed E-state index contributed by atoms with van der Waals surface area (Å²) >= 11 is 7.55. The Labute approximate surface area is 254 Å². The van der Waals surface area contributed by atoms with E-state index in [-0.39, 0.29) is 10.8 Å². The molecule has 40 heavy (non-hydrogen) atoms. The van der Waals surface area contributed by atoms with Gasteiger partial charge in [0.1, 0.15) is 0 Å². The van der Waals surface area contributed by atoms with Gasteiger partial charge in [-0.15, -0.1) is 45.3 Å². The van der Waals surface area contributed by atoms with Crippen molar-refractivity contribution in [1.82, 2.24) is 0 Å². The third-order valence-electron chi connectivity index (χ3n) is 7.22. The fourth-order valence-corrected chi connectivity index (χ4v) is 9.03. The smallest absolute Gasteiger partial charge is 0.0449 e. The molecule has 0 spiro atoms. The first-order valence-electron chi connectivity index (χ1n) is 13.7. The van der Waals surface area contributed by atoms with Gasteiger partial charge in [-0.3, -0.25) is 0 Å². The van der Waals surface area contributed by atoms with Crippen LogP contribution in [-0.2, 0) is 10.8 Å². The molecule has 4 heterocycles. The number of hydrogen-bond donors (Lipinski definition) is 0. The van der Waals surface area contributed by atoms with Crippen LogP contribution in [0.15, 0.2) is 97.1 Å². The minimum absolute atomic E-state index is 0.179. The Kier molecular flexibility index (Phi) is 7.25. The van der Waals surface area contributed by atoms with E-state index in [2.05, 4.69) is 139 Å². The largest absolute Gasteiger partial charge is 0.134 e. The van der Waals surface area contributed by atoms with Crippen LogP contribution in [0.3, 0.4) is 0 Å². The van der Waals surface area contributed by atoms with E-state index < -0.39 is 0 Å². The van der Waals surface area contributed by atoms with Crippen molar-refractivity contribution < 1.29 is 0 Å². The van der Waals surface area contributed by atoms with Crippen LogP contribution in [0.1, 0.15) is 52.7 Å². The molecule has 0 unspecified atom stereocenters. The zero-order valence-corrected chi connectivity index (χ0v) is 27.1. The standard InChI is InChI=1S/C36H34S4/c1-35(2,3)25-11-7-23(8-12-25)27-15-17-29(37-27)31-19-21-33(39-31)34-22-20-32(40-34)30-18-16-28(38-30)24-9-13-26(14-10-24)36(4,5)6/h7-22H,1-6H3. The molecule has 0 amide bonds. The van der Waals surface area contributed by atoms with Crippen molar-refractivity contribution in [2.75, 3.05) is 0 Å². The first kappa shape index (κ1) is 27.4. The number of benzene rings is 2. The molecule has 0 saturated carbocycles. The maximum Gasteiger partial charge on any atom is 0.0449 e. The zero-order chi connectivity index (χ0) is 28.1. The predicted octanol–water partition coefficient (Wildman–Crippen LogP) is 12.9. The SMILES string of the molecule is CC(C)(C)c1ccc(-c2ccc(-c3ccc(-c4ccc(-c5ccc(-c6ccc(C(C)(C)C)cc6)s5)s4)s3)s2)cc1. The molecule has 4 aromatic heterocycles. The van der Waals surface area contributed by atoms with Crippen LogP contribution >= 0.6 is 45.3 Å². The van der Waals surface area contributed by atoms with Gasteiger partial charge in [-0.25, -0.2) is 0 Å². The van der Waals surface area contributed by atoms with Crippen molar-refractivity contribution in [2.45, 2.75) is 52.4 Å². The second-order valence-electron chi connectivity index (χ2n) is 12.3. The Morgan fingerprint density at radius 1 is 0.300 bits per heavy atom. The topological polar surface area (TPSA) is 0 Å². The molecule has 6 aromatic rings. The van der Waals surface area contributed by atoms with Crippen molar-refractivity contribution in [1.29, 1.82) is 0 Å². The summed E-state index contributed by atoms with van der Waals surface area (Å²) in [5.74, 6) is 0. The van der Waals surface area contributed by atoms with E-state index in [1.807, 2.05) is 45.3 Å². The highest BCUT2D eigenvalue weighted by atomic mass is 32.1. The summed E-state index contributed by atoms with van der Waals surface area (Å²) in [4.78, 5) is 10.7. The summed E-state index contributed by atoms with van der Waals surface area (Å²) in [6.45, 7) is 13.6. The van der Waals surface area contributed by atoms with Crippen LogP contribution in [0.5, 0.6) is 0 Å². The molecule has 0 aliphatic rings. The molecule has 202 valence electrons. The summed E-state index contributed by atoms with van der Waals surface area (Å²) in [7, 11) is 0. The molecule has 0 saturated heterocycles. The molecule has 0 fully saturated rings. The molecule has 0 bridgehead atoms. The Morgan fingerprint density at radius 2 is 0.525 bits per heavy atom. The molecular formula is C36H34S4.